The highest BCUT2D eigenvalue weighted by molar-refractivity contribution is 4.92. The Labute approximate surface area is 100 Å². The minimum absolute atomic E-state index is 0.469. The molecule has 1 N–H and O–H groups in total. The molecule has 2 heteroatoms. The smallest absolute Gasteiger partial charge is 0.0471 e. The molecule has 16 heavy (non-hydrogen) atoms. The van der Waals surface area contributed by atoms with Crippen LogP contribution in [0.4, 0.5) is 0 Å². The van der Waals surface area contributed by atoms with Gasteiger partial charge in [0.2, 0.25) is 0 Å². The molecule has 2 fully saturated rings. The number of rotatable bonds is 3. The lowest BCUT2D eigenvalue weighted by atomic mass is 9.81. The molecular formula is C14H27NO. The molecule has 0 bridgehead atoms. The van der Waals surface area contributed by atoms with Crippen LogP contribution in [-0.4, -0.2) is 25.8 Å². The summed E-state index contributed by atoms with van der Waals surface area (Å²) in [6.45, 7) is 10.3. The molecule has 0 aromatic heterocycles. The van der Waals surface area contributed by atoms with Gasteiger partial charge in [0.05, 0.1) is 0 Å². The van der Waals surface area contributed by atoms with Crippen LogP contribution in [0.15, 0.2) is 0 Å². The van der Waals surface area contributed by atoms with Crippen LogP contribution in [-0.2, 0) is 4.74 Å². The van der Waals surface area contributed by atoms with Gasteiger partial charge >= 0.3 is 0 Å². The van der Waals surface area contributed by atoms with Crippen molar-refractivity contribution in [2.45, 2.75) is 58.9 Å². The van der Waals surface area contributed by atoms with Crippen LogP contribution in [0.3, 0.4) is 0 Å². The fraction of sp³-hybridized carbons (Fsp3) is 1.00. The van der Waals surface area contributed by atoms with Gasteiger partial charge in [-0.15, -0.1) is 0 Å². The summed E-state index contributed by atoms with van der Waals surface area (Å²) >= 11 is 0. The van der Waals surface area contributed by atoms with Crippen LogP contribution in [0.1, 0.15) is 52.9 Å². The Hall–Kier alpha value is -0.0800. The lowest BCUT2D eigenvalue weighted by Crippen LogP contribution is -2.45. The highest BCUT2D eigenvalue weighted by Gasteiger charge is 2.36. The molecule has 0 amide bonds. The van der Waals surface area contributed by atoms with E-state index in [0.29, 0.717) is 10.8 Å². The molecule has 0 spiro atoms. The molecule has 1 saturated carbocycles. The van der Waals surface area contributed by atoms with E-state index in [2.05, 4.69) is 26.1 Å². The van der Waals surface area contributed by atoms with Gasteiger partial charge in [0.25, 0.3) is 0 Å². The van der Waals surface area contributed by atoms with Gasteiger partial charge in [-0.2, -0.15) is 0 Å². The standard InChI is InChI=1S/C14H27NO/c1-13(2)6-4-5-12(13)15-11-14(3)7-9-16-10-8-14/h12,15H,4-11H2,1-3H3. The van der Waals surface area contributed by atoms with Crippen molar-refractivity contribution in [1.82, 2.24) is 5.32 Å². The monoisotopic (exact) mass is 225 g/mol. The van der Waals surface area contributed by atoms with Gasteiger partial charge in [-0.05, 0) is 36.5 Å². The largest absolute Gasteiger partial charge is 0.381 e. The van der Waals surface area contributed by atoms with Gasteiger partial charge in [-0.1, -0.05) is 27.2 Å². The van der Waals surface area contributed by atoms with E-state index < -0.39 is 0 Å². The zero-order valence-electron chi connectivity index (χ0n) is 11.1. The molecule has 1 saturated heterocycles. The van der Waals surface area contributed by atoms with Crippen molar-refractivity contribution >= 4 is 0 Å². The molecule has 1 aliphatic carbocycles. The third kappa shape index (κ3) is 2.78. The summed E-state index contributed by atoms with van der Waals surface area (Å²) in [6.07, 6.45) is 6.56. The maximum Gasteiger partial charge on any atom is 0.0471 e. The van der Waals surface area contributed by atoms with Crippen molar-refractivity contribution in [3.63, 3.8) is 0 Å². The van der Waals surface area contributed by atoms with Crippen LogP contribution in [0.25, 0.3) is 0 Å². The molecule has 1 aliphatic heterocycles. The minimum atomic E-state index is 0.469. The van der Waals surface area contributed by atoms with Crippen molar-refractivity contribution < 1.29 is 4.74 Å². The first-order chi connectivity index (χ1) is 7.52. The second-order valence-corrected chi connectivity index (χ2v) is 6.74. The average molecular weight is 225 g/mol. The summed E-state index contributed by atoms with van der Waals surface area (Å²) in [5.74, 6) is 0. The van der Waals surface area contributed by atoms with E-state index in [1.165, 1.54) is 38.6 Å². The van der Waals surface area contributed by atoms with E-state index in [1.807, 2.05) is 0 Å². The summed E-state index contributed by atoms with van der Waals surface area (Å²) in [4.78, 5) is 0. The first kappa shape index (κ1) is 12.4. The summed E-state index contributed by atoms with van der Waals surface area (Å²) < 4.78 is 5.45. The second kappa shape index (κ2) is 4.66. The molecule has 1 heterocycles. The van der Waals surface area contributed by atoms with Crippen molar-refractivity contribution in [3.8, 4) is 0 Å². The second-order valence-electron chi connectivity index (χ2n) is 6.74. The van der Waals surface area contributed by atoms with Gasteiger partial charge in [-0.3, -0.25) is 0 Å². The summed E-state index contributed by atoms with van der Waals surface area (Å²) in [5, 5.41) is 3.83. The quantitative estimate of drug-likeness (QED) is 0.797. The number of hydrogen-bond donors (Lipinski definition) is 1. The number of nitrogens with one attached hydrogen (secondary N) is 1. The number of hydrogen-bond acceptors (Lipinski definition) is 2. The number of ether oxygens (including phenoxy) is 1. The van der Waals surface area contributed by atoms with Crippen molar-refractivity contribution in [2.24, 2.45) is 10.8 Å². The maximum atomic E-state index is 5.45. The van der Waals surface area contributed by atoms with Crippen LogP contribution in [0.2, 0.25) is 0 Å². The van der Waals surface area contributed by atoms with Crippen molar-refractivity contribution in [1.29, 1.82) is 0 Å². The Morgan fingerprint density at radius 2 is 1.81 bits per heavy atom. The summed E-state index contributed by atoms with van der Waals surface area (Å²) in [7, 11) is 0. The van der Waals surface area contributed by atoms with Gasteiger partial charge in [0, 0.05) is 25.8 Å². The van der Waals surface area contributed by atoms with Gasteiger partial charge in [0.1, 0.15) is 0 Å². The fourth-order valence-corrected chi connectivity index (χ4v) is 3.12. The van der Waals surface area contributed by atoms with Gasteiger partial charge < -0.3 is 10.1 Å². The third-order valence-corrected chi connectivity index (χ3v) is 4.73. The molecule has 0 aromatic carbocycles. The molecule has 2 aliphatic rings. The molecule has 0 radical (unpaired) electrons. The van der Waals surface area contributed by atoms with Crippen LogP contribution < -0.4 is 5.32 Å². The normalized spacial score (nSPS) is 32.8. The Morgan fingerprint density at radius 3 is 2.38 bits per heavy atom. The Balaban J connectivity index is 1.82. The zero-order valence-corrected chi connectivity index (χ0v) is 11.1. The average Bonchev–Trinajstić information content (AvgIpc) is 2.56. The SMILES string of the molecule is CC1(CNC2CCCC2(C)C)CCOCC1. The van der Waals surface area contributed by atoms with Crippen molar-refractivity contribution in [2.75, 3.05) is 19.8 Å². The Kier molecular flexibility index (Phi) is 3.60. The van der Waals surface area contributed by atoms with Gasteiger partial charge in [-0.25, -0.2) is 0 Å². The van der Waals surface area contributed by atoms with E-state index >= 15 is 0 Å². The lowest BCUT2D eigenvalue weighted by molar-refractivity contribution is 0.0213. The molecule has 0 aromatic rings. The Bertz CT molecular complexity index is 231. The summed E-state index contributed by atoms with van der Waals surface area (Å²) in [5.41, 5.74) is 0.971. The van der Waals surface area contributed by atoms with Crippen LogP contribution in [0, 0.1) is 10.8 Å². The molecular weight excluding hydrogens is 198 g/mol. The predicted molar refractivity (Wildman–Crippen MR) is 67.6 cm³/mol. The van der Waals surface area contributed by atoms with Crippen LogP contribution in [0.5, 0.6) is 0 Å². The lowest BCUT2D eigenvalue weighted by Gasteiger charge is -2.37. The van der Waals surface area contributed by atoms with Gasteiger partial charge in [0.15, 0.2) is 0 Å². The topological polar surface area (TPSA) is 21.3 Å². The minimum Gasteiger partial charge on any atom is -0.381 e. The molecule has 1 atom stereocenters. The molecule has 1 unspecified atom stereocenters. The van der Waals surface area contributed by atoms with E-state index in [9.17, 15) is 0 Å². The predicted octanol–water partition coefficient (Wildman–Crippen LogP) is 2.97. The van der Waals surface area contributed by atoms with E-state index in [0.717, 1.165) is 19.3 Å². The molecule has 2 rings (SSSR count). The summed E-state index contributed by atoms with van der Waals surface area (Å²) in [6, 6.07) is 0.729. The van der Waals surface area contributed by atoms with E-state index in [4.69, 9.17) is 4.74 Å². The Morgan fingerprint density at radius 1 is 1.12 bits per heavy atom. The maximum absolute atomic E-state index is 5.45. The van der Waals surface area contributed by atoms with E-state index in [1.54, 1.807) is 0 Å². The highest BCUT2D eigenvalue weighted by atomic mass is 16.5. The molecule has 94 valence electrons. The van der Waals surface area contributed by atoms with Crippen LogP contribution >= 0.6 is 0 Å². The highest BCUT2D eigenvalue weighted by Crippen LogP contribution is 2.38. The van der Waals surface area contributed by atoms with E-state index in [-0.39, 0.29) is 0 Å². The molecule has 2 nitrogen and oxygen atoms in total. The van der Waals surface area contributed by atoms with Crippen molar-refractivity contribution in [3.05, 3.63) is 0 Å². The third-order valence-electron chi connectivity index (χ3n) is 4.73. The first-order valence-corrected chi connectivity index (χ1v) is 6.83. The zero-order chi connectivity index (χ0) is 11.6. The fourth-order valence-electron chi connectivity index (χ4n) is 3.12. The first-order valence-electron chi connectivity index (χ1n) is 6.83.